The monoisotopic (exact) mass is 277 g/mol. The van der Waals surface area contributed by atoms with E-state index < -0.39 is 4.92 Å². The molecular formula is C13H19N5O2. The predicted molar refractivity (Wildman–Crippen MR) is 76.7 cm³/mol. The van der Waals surface area contributed by atoms with Gasteiger partial charge in [0.2, 0.25) is 5.82 Å². The second kappa shape index (κ2) is 5.24. The van der Waals surface area contributed by atoms with E-state index in [0.717, 1.165) is 31.7 Å². The zero-order valence-electron chi connectivity index (χ0n) is 11.3. The van der Waals surface area contributed by atoms with Crippen molar-refractivity contribution >= 4 is 17.3 Å². The first-order chi connectivity index (χ1) is 9.65. The molecule has 1 saturated carbocycles. The molecule has 3 rings (SSSR count). The lowest BCUT2D eigenvalue weighted by Gasteiger charge is -2.27. The Morgan fingerprint density at radius 1 is 1.45 bits per heavy atom. The van der Waals surface area contributed by atoms with Crippen LogP contribution in [0.1, 0.15) is 25.7 Å². The molecule has 1 aliphatic heterocycles. The van der Waals surface area contributed by atoms with E-state index in [4.69, 9.17) is 5.73 Å². The maximum atomic E-state index is 10.8. The number of aromatic nitrogens is 1. The van der Waals surface area contributed by atoms with Crippen molar-refractivity contribution in [2.45, 2.75) is 37.8 Å². The quantitative estimate of drug-likeness (QED) is 0.622. The highest BCUT2D eigenvalue weighted by molar-refractivity contribution is 5.58. The third kappa shape index (κ3) is 2.67. The van der Waals surface area contributed by atoms with Crippen molar-refractivity contribution in [1.82, 2.24) is 10.3 Å². The van der Waals surface area contributed by atoms with E-state index in [0.29, 0.717) is 12.1 Å². The molecule has 1 saturated heterocycles. The molecule has 108 valence electrons. The molecule has 2 heterocycles. The van der Waals surface area contributed by atoms with Gasteiger partial charge in [-0.2, -0.15) is 0 Å². The fourth-order valence-electron chi connectivity index (χ4n) is 2.74. The summed E-state index contributed by atoms with van der Waals surface area (Å²) in [7, 11) is 0. The summed E-state index contributed by atoms with van der Waals surface area (Å²) in [5, 5.41) is 14.3. The molecule has 7 nitrogen and oxygen atoms in total. The number of nitro groups is 1. The Bertz CT molecular complexity index is 511. The second-order valence-corrected chi connectivity index (χ2v) is 5.51. The van der Waals surface area contributed by atoms with Gasteiger partial charge in [0.25, 0.3) is 0 Å². The second-order valence-electron chi connectivity index (χ2n) is 5.51. The van der Waals surface area contributed by atoms with Crippen LogP contribution < -0.4 is 16.0 Å². The largest absolute Gasteiger partial charge is 0.378 e. The third-order valence-corrected chi connectivity index (χ3v) is 3.95. The zero-order chi connectivity index (χ0) is 14.1. The van der Waals surface area contributed by atoms with Crippen molar-refractivity contribution in [3.05, 3.63) is 22.2 Å². The van der Waals surface area contributed by atoms with Gasteiger partial charge in [0.1, 0.15) is 5.82 Å². The summed E-state index contributed by atoms with van der Waals surface area (Å²) >= 11 is 0. The fourth-order valence-corrected chi connectivity index (χ4v) is 2.74. The summed E-state index contributed by atoms with van der Waals surface area (Å²) < 4.78 is 0. The van der Waals surface area contributed by atoms with Gasteiger partial charge in [-0.25, -0.2) is 4.98 Å². The van der Waals surface area contributed by atoms with Crippen molar-refractivity contribution in [3.63, 3.8) is 0 Å². The standard InChI is InChI=1S/C13H19N5O2/c14-13-11(18(19)20)5-6-12(16-13)17(10-3-4-10)8-9-2-1-7-15-9/h5-6,9-10,15H,1-4,7-8H2,(H2,14,16). The SMILES string of the molecule is Nc1nc(N(CC2CCCN2)C2CC2)ccc1[N+](=O)[O-]. The van der Waals surface area contributed by atoms with Crippen LogP contribution in [0.2, 0.25) is 0 Å². The van der Waals surface area contributed by atoms with Gasteiger partial charge in [0.15, 0.2) is 0 Å². The number of hydrogen-bond acceptors (Lipinski definition) is 6. The molecule has 0 aromatic carbocycles. The first-order valence-corrected chi connectivity index (χ1v) is 7.06. The average Bonchev–Trinajstić information content (AvgIpc) is 3.12. The highest BCUT2D eigenvalue weighted by atomic mass is 16.6. The number of pyridine rings is 1. The molecule has 1 atom stereocenters. The topological polar surface area (TPSA) is 97.3 Å². The van der Waals surface area contributed by atoms with Gasteiger partial charge in [-0.05, 0) is 38.3 Å². The van der Waals surface area contributed by atoms with Gasteiger partial charge in [-0.15, -0.1) is 0 Å². The van der Waals surface area contributed by atoms with E-state index in [1.807, 2.05) is 0 Å². The summed E-state index contributed by atoms with van der Waals surface area (Å²) in [6, 6.07) is 4.15. The first-order valence-electron chi connectivity index (χ1n) is 7.06. The van der Waals surface area contributed by atoms with Gasteiger partial charge in [-0.1, -0.05) is 0 Å². The number of hydrogen-bond donors (Lipinski definition) is 2. The maximum Gasteiger partial charge on any atom is 0.311 e. The van der Waals surface area contributed by atoms with Crippen LogP contribution in [0, 0.1) is 10.1 Å². The zero-order valence-corrected chi connectivity index (χ0v) is 11.3. The lowest BCUT2D eigenvalue weighted by atomic mass is 10.2. The Morgan fingerprint density at radius 2 is 2.25 bits per heavy atom. The molecule has 0 amide bonds. The van der Waals surface area contributed by atoms with Crippen molar-refractivity contribution < 1.29 is 4.92 Å². The van der Waals surface area contributed by atoms with Crippen LogP contribution in [0.25, 0.3) is 0 Å². The van der Waals surface area contributed by atoms with Crippen LogP contribution in [-0.2, 0) is 0 Å². The van der Waals surface area contributed by atoms with E-state index in [-0.39, 0.29) is 11.5 Å². The van der Waals surface area contributed by atoms with E-state index in [9.17, 15) is 10.1 Å². The van der Waals surface area contributed by atoms with Gasteiger partial charge >= 0.3 is 5.69 Å². The van der Waals surface area contributed by atoms with Crippen molar-refractivity contribution in [2.24, 2.45) is 0 Å². The van der Waals surface area contributed by atoms with Crippen LogP contribution in [0.15, 0.2) is 12.1 Å². The van der Waals surface area contributed by atoms with Gasteiger partial charge in [0, 0.05) is 24.7 Å². The molecule has 3 N–H and O–H groups in total. The Balaban J connectivity index is 1.80. The molecule has 2 fully saturated rings. The highest BCUT2D eigenvalue weighted by Crippen LogP contribution is 2.33. The van der Waals surface area contributed by atoms with Gasteiger partial charge < -0.3 is 16.0 Å². The summed E-state index contributed by atoms with van der Waals surface area (Å²) in [5.74, 6) is 0.752. The molecule has 2 aliphatic rings. The van der Waals surface area contributed by atoms with Crippen molar-refractivity contribution in [2.75, 3.05) is 23.7 Å². The minimum absolute atomic E-state index is 0.00229. The van der Waals surface area contributed by atoms with Crippen LogP contribution in [-0.4, -0.2) is 35.1 Å². The Labute approximate surface area is 117 Å². The number of anilines is 2. The molecule has 0 bridgehead atoms. The van der Waals surface area contributed by atoms with E-state index in [1.165, 1.54) is 18.9 Å². The fraction of sp³-hybridized carbons (Fsp3) is 0.615. The van der Waals surface area contributed by atoms with Crippen LogP contribution >= 0.6 is 0 Å². The third-order valence-electron chi connectivity index (χ3n) is 3.95. The first kappa shape index (κ1) is 13.1. The number of nitrogens with one attached hydrogen (secondary N) is 1. The van der Waals surface area contributed by atoms with Gasteiger partial charge in [-0.3, -0.25) is 10.1 Å². The molecule has 7 heteroatoms. The Kier molecular flexibility index (Phi) is 3.43. The minimum atomic E-state index is -0.494. The molecule has 1 unspecified atom stereocenters. The Hall–Kier alpha value is -1.89. The molecule has 1 aromatic rings. The lowest BCUT2D eigenvalue weighted by molar-refractivity contribution is -0.384. The number of rotatable bonds is 5. The molecular weight excluding hydrogens is 258 g/mol. The molecule has 0 spiro atoms. The summed E-state index contributed by atoms with van der Waals surface area (Å²) in [6.45, 7) is 1.97. The highest BCUT2D eigenvalue weighted by Gasteiger charge is 2.32. The van der Waals surface area contributed by atoms with Crippen LogP contribution in [0.3, 0.4) is 0 Å². The minimum Gasteiger partial charge on any atom is -0.378 e. The number of nitrogen functional groups attached to an aromatic ring is 1. The summed E-state index contributed by atoms with van der Waals surface area (Å²) in [4.78, 5) is 16.8. The smallest absolute Gasteiger partial charge is 0.311 e. The number of nitrogens with two attached hydrogens (primary N) is 1. The van der Waals surface area contributed by atoms with Crippen molar-refractivity contribution in [1.29, 1.82) is 0 Å². The molecule has 20 heavy (non-hydrogen) atoms. The number of nitrogens with zero attached hydrogens (tertiary/aromatic N) is 3. The predicted octanol–water partition coefficient (Wildman–Crippen LogP) is 1.29. The average molecular weight is 277 g/mol. The summed E-state index contributed by atoms with van der Waals surface area (Å²) in [5.41, 5.74) is 5.57. The van der Waals surface area contributed by atoms with Crippen LogP contribution in [0.4, 0.5) is 17.3 Å². The van der Waals surface area contributed by atoms with Crippen LogP contribution in [0.5, 0.6) is 0 Å². The molecule has 0 radical (unpaired) electrons. The van der Waals surface area contributed by atoms with Gasteiger partial charge in [0.05, 0.1) is 4.92 Å². The van der Waals surface area contributed by atoms with E-state index in [1.54, 1.807) is 6.07 Å². The van der Waals surface area contributed by atoms with E-state index >= 15 is 0 Å². The van der Waals surface area contributed by atoms with Crippen molar-refractivity contribution in [3.8, 4) is 0 Å². The molecule has 1 aliphatic carbocycles. The molecule has 1 aromatic heterocycles. The maximum absolute atomic E-state index is 10.8. The van der Waals surface area contributed by atoms with E-state index in [2.05, 4.69) is 15.2 Å². The summed E-state index contributed by atoms with van der Waals surface area (Å²) in [6.07, 6.45) is 4.70. The normalized spacial score (nSPS) is 21.9. The Morgan fingerprint density at radius 3 is 2.80 bits per heavy atom. The lowest BCUT2D eigenvalue weighted by Crippen LogP contribution is -2.39.